The topological polar surface area (TPSA) is 12.0 Å². The number of fused-ring (bicyclic) bond motifs is 1. The third kappa shape index (κ3) is 3.12. The minimum atomic E-state index is 0.340. The Morgan fingerprint density at radius 3 is 2.72 bits per heavy atom. The van der Waals surface area contributed by atoms with E-state index in [2.05, 4.69) is 55.7 Å². The van der Waals surface area contributed by atoms with Crippen LogP contribution in [0.4, 0.5) is 0 Å². The maximum absolute atomic E-state index is 3.34. The first-order valence-electron chi connectivity index (χ1n) is 6.64. The maximum Gasteiger partial charge on any atom is 0.0345 e. The molecule has 1 nitrogen and oxygen atoms in total. The van der Waals surface area contributed by atoms with E-state index in [4.69, 9.17) is 0 Å². The molecule has 0 saturated carbocycles. The highest BCUT2D eigenvalue weighted by Gasteiger charge is 2.22. The molecule has 1 aromatic carbocycles. The highest BCUT2D eigenvalue weighted by Crippen LogP contribution is 2.33. The lowest BCUT2D eigenvalue weighted by Gasteiger charge is -2.28. The first kappa shape index (κ1) is 13.6. The van der Waals surface area contributed by atoms with Gasteiger partial charge in [0.2, 0.25) is 0 Å². The summed E-state index contributed by atoms with van der Waals surface area (Å²) in [4.78, 5) is 0. The van der Waals surface area contributed by atoms with Crippen LogP contribution < -0.4 is 5.32 Å². The molecule has 1 heterocycles. The van der Waals surface area contributed by atoms with Crippen molar-refractivity contribution >= 4 is 21.4 Å². The van der Waals surface area contributed by atoms with E-state index in [0.717, 1.165) is 6.42 Å². The summed E-state index contributed by atoms with van der Waals surface area (Å²) in [7, 11) is 2.04. The summed E-state index contributed by atoms with van der Waals surface area (Å²) >= 11 is 1.86. The van der Waals surface area contributed by atoms with E-state index in [-0.39, 0.29) is 0 Å². The number of thiophene rings is 1. The number of hydrogen-bond acceptors (Lipinski definition) is 2. The zero-order chi connectivity index (χ0) is 13.2. The molecule has 98 valence electrons. The fraction of sp³-hybridized carbons (Fsp3) is 0.500. The third-order valence-corrected chi connectivity index (χ3v) is 4.59. The second-order valence-electron chi connectivity index (χ2n) is 5.99. The molecule has 1 unspecified atom stereocenters. The standard InChI is InChI=1S/C16H23NS/c1-12(17-4)9-16(2,3)10-13-11-18-15-8-6-5-7-14(13)15/h5-8,11-12,17H,9-10H2,1-4H3. The zero-order valence-electron chi connectivity index (χ0n) is 11.8. The van der Waals surface area contributed by atoms with E-state index in [9.17, 15) is 0 Å². The molecule has 2 aromatic rings. The van der Waals surface area contributed by atoms with Gasteiger partial charge in [-0.15, -0.1) is 11.3 Å². The molecule has 1 atom stereocenters. The molecule has 18 heavy (non-hydrogen) atoms. The molecule has 0 fully saturated rings. The van der Waals surface area contributed by atoms with Crippen molar-refractivity contribution in [3.8, 4) is 0 Å². The third-order valence-electron chi connectivity index (χ3n) is 3.58. The van der Waals surface area contributed by atoms with Crippen LogP contribution in [0.25, 0.3) is 10.1 Å². The van der Waals surface area contributed by atoms with E-state index in [0.29, 0.717) is 11.5 Å². The van der Waals surface area contributed by atoms with Crippen LogP contribution in [0.5, 0.6) is 0 Å². The van der Waals surface area contributed by atoms with Gasteiger partial charge in [0.05, 0.1) is 0 Å². The Hall–Kier alpha value is -0.860. The SMILES string of the molecule is CNC(C)CC(C)(C)Cc1csc2ccccc12. The minimum absolute atomic E-state index is 0.340. The smallest absolute Gasteiger partial charge is 0.0345 e. The Balaban J connectivity index is 2.18. The van der Waals surface area contributed by atoms with Crippen molar-refractivity contribution < 1.29 is 0 Å². The first-order chi connectivity index (χ1) is 8.52. The first-order valence-corrected chi connectivity index (χ1v) is 7.52. The summed E-state index contributed by atoms with van der Waals surface area (Å²) in [5.74, 6) is 0. The largest absolute Gasteiger partial charge is 0.317 e. The molecule has 0 aliphatic carbocycles. The summed E-state index contributed by atoms with van der Waals surface area (Å²) in [6.45, 7) is 6.99. The molecule has 0 aliphatic rings. The molecule has 0 radical (unpaired) electrons. The Kier molecular flexibility index (Phi) is 4.08. The second kappa shape index (κ2) is 5.41. The van der Waals surface area contributed by atoms with E-state index in [1.807, 2.05) is 18.4 Å². The van der Waals surface area contributed by atoms with Crippen LogP contribution in [-0.4, -0.2) is 13.1 Å². The van der Waals surface area contributed by atoms with Gasteiger partial charge < -0.3 is 5.32 Å². The highest BCUT2D eigenvalue weighted by atomic mass is 32.1. The second-order valence-corrected chi connectivity index (χ2v) is 6.90. The highest BCUT2D eigenvalue weighted by molar-refractivity contribution is 7.17. The van der Waals surface area contributed by atoms with Gasteiger partial charge in [-0.2, -0.15) is 0 Å². The summed E-state index contributed by atoms with van der Waals surface area (Å²) in [5.41, 5.74) is 1.84. The molecule has 0 spiro atoms. The monoisotopic (exact) mass is 261 g/mol. The Bertz CT molecular complexity index is 513. The molecule has 0 saturated heterocycles. The van der Waals surface area contributed by atoms with Gasteiger partial charge in [-0.05, 0) is 54.6 Å². The van der Waals surface area contributed by atoms with Gasteiger partial charge >= 0.3 is 0 Å². The Morgan fingerprint density at radius 2 is 2.00 bits per heavy atom. The summed E-state index contributed by atoms with van der Waals surface area (Å²) < 4.78 is 1.41. The van der Waals surface area contributed by atoms with Gasteiger partial charge in [0.25, 0.3) is 0 Å². The average molecular weight is 261 g/mol. The lowest BCUT2D eigenvalue weighted by atomic mass is 9.80. The van der Waals surface area contributed by atoms with Crippen LogP contribution in [-0.2, 0) is 6.42 Å². The van der Waals surface area contributed by atoms with Crippen molar-refractivity contribution in [1.29, 1.82) is 0 Å². The summed E-state index contributed by atoms with van der Waals surface area (Å²) in [5, 5.41) is 7.11. The fourth-order valence-corrected chi connectivity index (χ4v) is 3.65. The molecule has 2 rings (SSSR count). The van der Waals surface area contributed by atoms with E-state index in [1.165, 1.54) is 22.1 Å². The number of benzene rings is 1. The van der Waals surface area contributed by atoms with Crippen molar-refractivity contribution in [3.63, 3.8) is 0 Å². The van der Waals surface area contributed by atoms with E-state index in [1.54, 1.807) is 0 Å². The fourth-order valence-electron chi connectivity index (χ4n) is 2.69. The Labute approximate surface area is 114 Å². The predicted molar refractivity (Wildman–Crippen MR) is 82.4 cm³/mol. The summed E-state index contributed by atoms with van der Waals surface area (Å²) in [6.07, 6.45) is 2.36. The van der Waals surface area contributed by atoms with Crippen LogP contribution in [0.1, 0.15) is 32.8 Å². The molecule has 0 amide bonds. The predicted octanol–water partition coefficient (Wildman–Crippen LogP) is 4.47. The van der Waals surface area contributed by atoms with Crippen LogP contribution in [0.2, 0.25) is 0 Å². The minimum Gasteiger partial charge on any atom is -0.317 e. The van der Waals surface area contributed by atoms with Crippen molar-refractivity contribution in [2.75, 3.05) is 7.05 Å². The van der Waals surface area contributed by atoms with Crippen molar-refractivity contribution in [2.45, 2.75) is 39.7 Å². The number of rotatable bonds is 5. The van der Waals surface area contributed by atoms with Crippen molar-refractivity contribution in [1.82, 2.24) is 5.32 Å². The van der Waals surface area contributed by atoms with Gasteiger partial charge in [-0.3, -0.25) is 0 Å². The van der Waals surface area contributed by atoms with E-state index >= 15 is 0 Å². The molecule has 0 bridgehead atoms. The molecular formula is C16H23NS. The molecule has 0 aliphatic heterocycles. The summed E-state index contributed by atoms with van der Waals surface area (Å²) in [6, 6.07) is 9.30. The van der Waals surface area contributed by atoms with Gasteiger partial charge in [-0.25, -0.2) is 0 Å². The normalized spacial score (nSPS) is 14.0. The number of hydrogen-bond donors (Lipinski definition) is 1. The van der Waals surface area contributed by atoms with Crippen LogP contribution in [0.3, 0.4) is 0 Å². The van der Waals surface area contributed by atoms with Gasteiger partial charge in [0, 0.05) is 10.7 Å². The molecule has 2 heteroatoms. The van der Waals surface area contributed by atoms with Crippen LogP contribution >= 0.6 is 11.3 Å². The van der Waals surface area contributed by atoms with Gasteiger partial charge in [0.1, 0.15) is 0 Å². The van der Waals surface area contributed by atoms with E-state index < -0.39 is 0 Å². The average Bonchev–Trinajstić information content (AvgIpc) is 2.71. The van der Waals surface area contributed by atoms with Crippen LogP contribution in [0.15, 0.2) is 29.6 Å². The maximum atomic E-state index is 3.34. The molecule has 1 aromatic heterocycles. The quantitative estimate of drug-likeness (QED) is 0.837. The van der Waals surface area contributed by atoms with Crippen LogP contribution in [0, 0.1) is 5.41 Å². The zero-order valence-corrected chi connectivity index (χ0v) is 12.6. The van der Waals surface area contributed by atoms with Crippen molar-refractivity contribution in [3.05, 3.63) is 35.2 Å². The Morgan fingerprint density at radius 1 is 1.28 bits per heavy atom. The lowest BCUT2D eigenvalue weighted by Crippen LogP contribution is -2.29. The molecule has 1 N–H and O–H groups in total. The van der Waals surface area contributed by atoms with Gasteiger partial charge in [0.15, 0.2) is 0 Å². The molecular weight excluding hydrogens is 238 g/mol. The lowest BCUT2D eigenvalue weighted by molar-refractivity contribution is 0.294. The number of nitrogens with one attached hydrogen (secondary N) is 1. The van der Waals surface area contributed by atoms with Gasteiger partial charge in [-0.1, -0.05) is 32.0 Å². The van der Waals surface area contributed by atoms with Crippen molar-refractivity contribution in [2.24, 2.45) is 5.41 Å².